The lowest BCUT2D eigenvalue weighted by Gasteiger charge is -2.05. The Bertz CT molecular complexity index is 824. The van der Waals surface area contributed by atoms with E-state index < -0.39 is 0 Å². The lowest BCUT2D eigenvalue weighted by Crippen LogP contribution is -1.93. The van der Waals surface area contributed by atoms with E-state index in [0.29, 0.717) is 10.8 Å². The van der Waals surface area contributed by atoms with E-state index in [4.69, 9.17) is 0 Å². The second-order valence-electron chi connectivity index (χ2n) is 5.35. The van der Waals surface area contributed by atoms with Crippen LogP contribution in [0.1, 0.15) is 16.0 Å². The summed E-state index contributed by atoms with van der Waals surface area (Å²) in [6.07, 6.45) is 0. The third kappa shape index (κ3) is 2.88. The largest absolute Gasteiger partial charge is 0.329 e. The first-order chi connectivity index (χ1) is 10.5. The molecule has 0 saturated heterocycles. The summed E-state index contributed by atoms with van der Waals surface area (Å²) in [5.41, 5.74) is 4.94. The second-order valence-corrected chi connectivity index (χ2v) is 6.55. The minimum absolute atomic E-state index is 0.274. The molecule has 112 valence electrons. The Morgan fingerprint density at radius 1 is 1.05 bits per heavy atom. The lowest BCUT2D eigenvalue weighted by atomic mass is 10.0. The molecule has 0 aliphatic carbocycles. The smallest absolute Gasteiger partial charge is 0.188 e. The van der Waals surface area contributed by atoms with Gasteiger partial charge in [0, 0.05) is 10.4 Å². The number of thiazole rings is 1. The number of hydrogen-bond donors (Lipinski definition) is 1. The normalized spacial score (nSPS) is 10.7. The van der Waals surface area contributed by atoms with Gasteiger partial charge in [0.05, 0.1) is 11.4 Å². The molecule has 2 nitrogen and oxygen atoms in total. The van der Waals surface area contributed by atoms with Gasteiger partial charge in [-0.1, -0.05) is 29.8 Å². The predicted molar refractivity (Wildman–Crippen MR) is 91.4 cm³/mol. The molecule has 0 aliphatic rings. The molecule has 0 fully saturated rings. The Labute approximate surface area is 133 Å². The van der Waals surface area contributed by atoms with E-state index in [1.807, 2.05) is 6.92 Å². The van der Waals surface area contributed by atoms with Crippen molar-refractivity contribution in [2.45, 2.75) is 20.8 Å². The molecule has 0 spiro atoms. The van der Waals surface area contributed by atoms with Gasteiger partial charge < -0.3 is 5.32 Å². The number of aromatic nitrogens is 1. The van der Waals surface area contributed by atoms with Crippen molar-refractivity contribution in [2.75, 3.05) is 5.32 Å². The van der Waals surface area contributed by atoms with E-state index in [9.17, 15) is 4.39 Å². The van der Waals surface area contributed by atoms with Crippen molar-refractivity contribution >= 4 is 22.2 Å². The van der Waals surface area contributed by atoms with Crippen LogP contribution in [0.15, 0.2) is 42.5 Å². The highest BCUT2D eigenvalue weighted by Gasteiger charge is 2.13. The van der Waals surface area contributed by atoms with E-state index >= 15 is 0 Å². The Hall–Kier alpha value is -2.20. The Morgan fingerprint density at radius 2 is 1.82 bits per heavy atom. The SMILES string of the molecule is Cc1ccc(C)c(-c2nc(Nc3ccccc3F)sc2C)c1. The average molecular weight is 312 g/mol. The highest BCUT2D eigenvalue weighted by atomic mass is 32.1. The van der Waals surface area contributed by atoms with Crippen LogP contribution in [0.4, 0.5) is 15.2 Å². The summed E-state index contributed by atoms with van der Waals surface area (Å²) >= 11 is 1.54. The number of nitrogens with one attached hydrogen (secondary N) is 1. The number of anilines is 2. The molecule has 0 radical (unpaired) electrons. The zero-order valence-corrected chi connectivity index (χ0v) is 13.6. The van der Waals surface area contributed by atoms with Crippen LogP contribution in [0.25, 0.3) is 11.3 Å². The molecular formula is C18H17FN2S. The third-order valence-electron chi connectivity index (χ3n) is 3.56. The average Bonchev–Trinajstić information content (AvgIpc) is 2.85. The lowest BCUT2D eigenvalue weighted by molar-refractivity contribution is 0.632. The molecule has 3 rings (SSSR count). The maximum atomic E-state index is 13.7. The van der Waals surface area contributed by atoms with Gasteiger partial charge in [-0.05, 0) is 44.5 Å². The third-order valence-corrected chi connectivity index (χ3v) is 4.45. The Morgan fingerprint density at radius 3 is 2.59 bits per heavy atom. The van der Waals surface area contributed by atoms with Crippen LogP contribution in [0.3, 0.4) is 0 Å². The number of halogens is 1. The fourth-order valence-corrected chi connectivity index (χ4v) is 3.21. The molecule has 0 bridgehead atoms. The molecule has 2 aromatic carbocycles. The summed E-state index contributed by atoms with van der Waals surface area (Å²) < 4.78 is 13.7. The Kier molecular flexibility index (Phi) is 3.94. The second kappa shape index (κ2) is 5.89. The maximum Gasteiger partial charge on any atom is 0.188 e. The predicted octanol–water partition coefficient (Wildman–Crippen LogP) is 5.62. The summed E-state index contributed by atoms with van der Waals surface area (Å²) in [5.74, 6) is -0.274. The molecule has 0 unspecified atom stereocenters. The monoisotopic (exact) mass is 312 g/mol. The molecule has 4 heteroatoms. The van der Waals surface area contributed by atoms with Crippen LogP contribution in [-0.4, -0.2) is 4.98 Å². The number of benzene rings is 2. The number of aryl methyl sites for hydroxylation is 3. The van der Waals surface area contributed by atoms with Crippen molar-refractivity contribution in [1.29, 1.82) is 0 Å². The molecule has 0 amide bonds. The zero-order chi connectivity index (χ0) is 15.7. The molecule has 3 aromatic rings. The van der Waals surface area contributed by atoms with Gasteiger partial charge in [-0.25, -0.2) is 9.37 Å². The van der Waals surface area contributed by atoms with Crippen molar-refractivity contribution in [1.82, 2.24) is 4.98 Å². The van der Waals surface area contributed by atoms with Crippen molar-refractivity contribution in [2.24, 2.45) is 0 Å². The number of hydrogen-bond acceptors (Lipinski definition) is 3. The van der Waals surface area contributed by atoms with E-state index in [1.54, 1.807) is 18.2 Å². The molecule has 1 N–H and O–H groups in total. The van der Waals surface area contributed by atoms with Crippen LogP contribution in [-0.2, 0) is 0 Å². The van der Waals surface area contributed by atoms with E-state index in [-0.39, 0.29) is 5.82 Å². The number of para-hydroxylation sites is 1. The first-order valence-electron chi connectivity index (χ1n) is 7.11. The molecule has 1 aromatic heterocycles. The van der Waals surface area contributed by atoms with Crippen molar-refractivity contribution < 1.29 is 4.39 Å². The van der Waals surface area contributed by atoms with Crippen LogP contribution in [0.5, 0.6) is 0 Å². The van der Waals surface area contributed by atoms with Gasteiger partial charge in [0.2, 0.25) is 0 Å². The van der Waals surface area contributed by atoms with Gasteiger partial charge in [0.25, 0.3) is 0 Å². The van der Waals surface area contributed by atoms with Crippen LogP contribution in [0, 0.1) is 26.6 Å². The van der Waals surface area contributed by atoms with Gasteiger partial charge in [-0.2, -0.15) is 0 Å². The minimum Gasteiger partial charge on any atom is -0.329 e. The van der Waals surface area contributed by atoms with Crippen molar-refractivity contribution in [3.8, 4) is 11.3 Å². The van der Waals surface area contributed by atoms with E-state index in [0.717, 1.165) is 16.1 Å². The summed E-state index contributed by atoms with van der Waals surface area (Å²) in [6.45, 7) is 6.20. The van der Waals surface area contributed by atoms with Gasteiger partial charge in [-0.3, -0.25) is 0 Å². The zero-order valence-electron chi connectivity index (χ0n) is 12.8. The van der Waals surface area contributed by atoms with Gasteiger partial charge in [0.15, 0.2) is 5.13 Å². The van der Waals surface area contributed by atoms with E-state index in [2.05, 4.69) is 42.3 Å². The topological polar surface area (TPSA) is 24.9 Å². The minimum atomic E-state index is -0.274. The van der Waals surface area contributed by atoms with Crippen molar-refractivity contribution in [3.63, 3.8) is 0 Å². The van der Waals surface area contributed by atoms with Crippen LogP contribution in [0.2, 0.25) is 0 Å². The molecule has 22 heavy (non-hydrogen) atoms. The maximum absolute atomic E-state index is 13.7. The van der Waals surface area contributed by atoms with E-state index in [1.165, 1.54) is 28.5 Å². The standard InChI is InChI=1S/C18H17FN2S/c1-11-8-9-12(2)14(10-11)17-13(3)22-18(21-17)20-16-7-5-4-6-15(16)19/h4-10H,1-3H3,(H,20,21). The van der Waals surface area contributed by atoms with Gasteiger partial charge >= 0.3 is 0 Å². The Balaban J connectivity index is 1.98. The number of rotatable bonds is 3. The molecule has 0 saturated carbocycles. The fourth-order valence-electron chi connectivity index (χ4n) is 2.37. The quantitative estimate of drug-likeness (QED) is 0.679. The summed E-state index contributed by atoms with van der Waals surface area (Å²) in [5, 5.41) is 3.78. The first-order valence-corrected chi connectivity index (χ1v) is 7.93. The fraction of sp³-hybridized carbons (Fsp3) is 0.167. The van der Waals surface area contributed by atoms with Crippen LogP contribution >= 0.6 is 11.3 Å². The first kappa shape index (κ1) is 14.7. The number of nitrogens with zero attached hydrogens (tertiary/aromatic N) is 1. The van der Waals surface area contributed by atoms with Gasteiger partial charge in [-0.15, -0.1) is 11.3 Å². The summed E-state index contributed by atoms with van der Waals surface area (Å²) in [6, 6.07) is 13.0. The summed E-state index contributed by atoms with van der Waals surface area (Å²) in [4.78, 5) is 5.78. The molecule has 0 atom stereocenters. The van der Waals surface area contributed by atoms with Gasteiger partial charge in [0.1, 0.15) is 5.82 Å². The molecule has 0 aliphatic heterocycles. The molecular weight excluding hydrogens is 295 g/mol. The van der Waals surface area contributed by atoms with Crippen LogP contribution < -0.4 is 5.32 Å². The van der Waals surface area contributed by atoms with Crippen molar-refractivity contribution in [3.05, 3.63) is 64.3 Å². The summed E-state index contributed by atoms with van der Waals surface area (Å²) in [7, 11) is 0. The molecule has 1 heterocycles. The highest BCUT2D eigenvalue weighted by Crippen LogP contribution is 2.34. The highest BCUT2D eigenvalue weighted by molar-refractivity contribution is 7.16.